The van der Waals surface area contributed by atoms with Gasteiger partial charge in [0.05, 0.1) is 11.7 Å². The fraction of sp³-hybridized carbons (Fsp3) is 0.600. The van der Waals surface area contributed by atoms with E-state index in [1.54, 1.807) is 14.2 Å². The highest BCUT2D eigenvalue weighted by molar-refractivity contribution is 5.99. The van der Waals surface area contributed by atoms with Crippen molar-refractivity contribution in [1.82, 2.24) is 10.2 Å². The lowest BCUT2D eigenvalue weighted by Gasteiger charge is -2.30. The number of carbonyl (C=O) groups is 2. The predicted octanol–water partition coefficient (Wildman–Crippen LogP) is 2.67. The zero-order valence-corrected chi connectivity index (χ0v) is 17.5. The maximum absolute atomic E-state index is 13.1. The standard InChI is InChI=1S/C20H28F3N3O4/c1-12-9-24-13(2)11-30-16-6-5-14(25-18(27)8-20(21,22)23)7-15(16)19(28)26(3)10-17(12)29-4/h5-7,12-13,17,24H,8-11H2,1-4H3,(H,25,27)/t12-,13+,17+/m1/s1. The number of halogens is 3. The number of alkyl halides is 3. The van der Waals surface area contributed by atoms with Crippen LogP contribution in [0.5, 0.6) is 5.75 Å². The molecular formula is C20H28F3N3O4. The zero-order valence-electron chi connectivity index (χ0n) is 17.5. The van der Waals surface area contributed by atoms with Crippen LogP contribution in [0.4, 0.5) is 18.9 Å². The Balaban J connectivity index is 2.31. The van der Waals surface area contributed by atoms with Crippen LogP contribution in [0.3, 0.4) is 0 Å². The minimum absolute atomic E-state index is 0.00349. The number of rotatable bonds is 3. The molecule has 10 heteroatoms. The molecule has 168 valence electrons. The van der Waals surface area contributed by atoms with E-state index >= 15 is 0 Å². The molecule has 0 saturated heterocycles. The van der Waals surface area contributed by atoms with E-state index in [1.165, 1.54) is 23.1 Å². The summed E-state index contributed by atoms with van der Waals surface area (Å²) in [4.78, 5) is 26.1. The summed E-state index contributed by atoms with van der Waals surface area (Å²) in [6.07, 6.45) is -6.43. The molecular weight excluding hydrogens is 403 g/mol. The third-order valence-electron chi connectivity index (χ3n) is 4.87. The van der Waals surface area contributed by atoms with Crippen molar-refractivity contribution in [1.29, 1.82) is 0 Å². The van der Waals surface area contributed by atoms with Crippen LogP contribution < -0.4 is 15.4 Å². The van der Waals surface area contributed by atoms with Crippen molar-refractivity contribution in [3.05, 3.63) is 23.8 Å². The smallest absolute Gasteiger partial charge is 0.397 e. The second-order valence-corrected chi connectivity index (χ2v) is 7.61. The van der Waals surface area contributed by atoms with E-state index in [0.29, 0.717) is 13.1 Å². The molecule has 0 spiro atoms. The highest BCUT2D eigenvalue weighted by Gasteiger charge is 2.31. The Kier molecular flexibility index (Phi) is 8.08. The quantitative estimate of drug-likeness (QED) is 0.769. The third kappa shape index (κ3) is 6.88. The van der Waals surface area contributed by atoms with Gasteiger partial charge in [-0.3, -0.25) is 9.59 Å². The third-order valence-corrected chi connectivity index (χ3v) is 4.87. The van der Waals surface area contributed by atoms with Crippen molar-refractivity contribution < 1.29 is 32.2 Å². The second kappa shape index (κ2) is 10.1. The average molecular weight is 431 g/mol. The monoisotopic (exact) mass is 431 g/mol. The van der Waals surface area contributed by atoms with Gasteiger partial charge in [0.25, 0.3) is 5.91 Å². The SMILES string of the molecule is CO[C@H]1CN(C)C(=O)c2cc(NC(=O)CC(F)(F)F)ccc2OC[C@H](C)NC[C@H]1C. The topological polar surface area (TPSA) is 79.9 Å². The normalized spacial score (nSPS) is 23.6. The Labute approximate surface area is 173 Å². The first-order valence-corrected chi connectivity index (χ1v) is 9.65. The van der Waals surface area contributed by atoms with Gasteiger partial charge in [0, 0.05) is 39.0 Å². The zero-order chi connectivity index (χ0) is 22.5. The molecule has 0 radical (unpaired) electrons. The van der Waals surface area contributed by atoms with E-state index in [1.807, 2.05) is 13.8 Å². The molecule has 1 aromatic rings. The van der Waals surface area contributed by atoms with E-state index in [2.05, 4.69) is 10.6 Å². The van der Waals surface area contributed by atoms with Gasteiger partial charge >= 0.3 is 6.18 Å². The number of hydrogen-bond donors (Lipinski definition) is 2. The number of benzene rings is 1. The Morgan fingerprint density at radius 1 is 1.37 bits per heavy atom. The maximum Gasteiger partial charge on any atom is 0.397 e. The molecule has 3 atom stereocenters. The van der Waals surface area contributed by atoms with Crippen LogP contribution in [0.1, 0.15) is 30.6 Å². The summed E-state index contributed by atoms with van der Waals surface area (Å²) >= 11 is 0. The van der Waals surface area contributed by atoms with Crippen molar-refractivity contribution in [2.75, 3.05) is 39.2 Å². The summed E-state index contributed by atoms with van der Waals surface area (Å²) in [5.41, 5.74) is 0.237. The number of hydrogen-bond acceptors (Lipinski definition) is 5. The Morgan fingerprint density at radius 2 is 2.07 bits per heavy atom. The fourth-order valence-corrected chi connectivity index (χ4v) is 3.13. The van der Waals surface area contributed by atoms with Crippen molar-refractivity contribution in [2.45, 2.75) is 38.6 Å². The van der Waals surface area contributed by atoms with Crippen LogP contribution in [-0.2, 0) is 9.53 Å². The largest absolute Gasteiger partial charge is 0.491 e. The summed E-state index contributed by atoms with van der Waals surface area (Å²) in [5.74, 6) is -1.17. The van der Waals surface area contributed by atoms with Gasteiger partial charge in [-0.1, -0.05) is 6.92 Å². The van der Waals surface area contributed by atoms with E-state index in [0.717, 1.165) is 0 Å². The number of fused-ring (bicyclic) bond motifs is 1. The lowest BCUT2D eigenvalue weighted by molar-refractivity contribution is -0.150. The molecule has 1 aromatic carbocycles. The number of nitrogens with zero attached hydrogens (tertiary/aromatic N) is 1. The molecule has 0 saturated carbocycles. The summed E-state index contributed by atoms with van der Waals surface area (Å²) in [7, 11) is 3.20. The van der Waals surface area contributed by atoms with Crippen LogP contribution in [0, 0.1) is 5.92 Å². The molecule has 1 heterocycles. The van der Waals surface area contributed by atoms with Gasteiger partial charge in [0.1, 0.15) is 18.8 Å². The van der Waals surface area contributed by atoms with Gasteiger partial charge in [-0.25, -0.2) is 0 Å². The number of ether oxygens (including phenoxy) is 2. The van der Waals surface area contributed by atoms with E-state index < -0.39 is 18.5 Å². The Morgan fingerprint density at radius 3 is 2.70 bits per heavy atom. The van der Waals surface area contributed by atoms with Crippen LogP contribution in [0.15, 0.2) is 18.2 Å². The molecule has 2 rings (SSSR count). The van der Waals surface area contributed by atoms with Gasteiger partial charge in [-0.05, 0) is 31.0 Å². The molecule has 1 aliphatic heterocycles. The minimum atomic E-state index is -4.62. The highest BCUT2D eigenvalue weighted by atomic mass is 19.4. The van der Waals surface area contributed by atoms with Crippen molar-refractivity contribution in [3.8, 4) is 5.75 Å². The van der Waals surface area contributed by atoms with E-state index in [4.69, 9.17) is 9.47 Å². The summed E-state index contributed by atoms with van der Waals surface area (Å²) < 4.78 is 48.6. The molecule has 0 bridgehead atoms. The Hall–Kier alpha value is -2.33. The van der Waals surface area contributed by atoms with Crippen LogP contribution >= 0.6 is 0 Å². The number of likely N-dealkylation sites (N-methyl/N-ethyl adjacent to an activating group) is 1. The summed E-state index contributed by atoms with van der Waals surface area (Å²) in [5, 5.41) is 5.54. The maximum atomic E-state index is 13.1. The van der Waals surface area contributed by atoms with Gasteiger partial charge < -0.3 is 25.0 Å². The van der Waals surface area contributed by atoms with Crippen molar-refractivity contribution in [2.24, 2.45) is 5.92 Å². The molecule has 30 heavy (non-hydrogen) atoms. The average Bonchev–Trinajstić information content (AvgIpc) is 2.66. The van der Waals surface area contributed by atoms with Crippen LogP contribution in [0.25, 0.3) is 0 Å². The molecule has 2 N–H and O–H groups in total. The van der Waals surface area contributed by atoms with Crippen molar-refractivity contribution >= 4 is 17.5 Å². The van der Waals surface area contributed by atoms with Gasteiger partial charge in [-0.15, -0.1) is 0 Å². The van der Waals surface area contributed by atoms with E-state index in [-0.39, 0.29) is 47.6 Å². The first-order valence-electron chi connectivity index (χ1n) is 9.65. The number of nitrogens with one attached hydrogen (secondary N) is 2. The number of anilines is 1. The Bertz CT molecular complexity index is 757. The molecule has 0 fully saturated rings. The first-order chi connectivity index (χ1) is 14.0. The number of amides is 2. The molecule has 0 unspecified atom stereocenters. The van der Waals surface area contributed by atoms with Crippen LogP contribution in [-0.4, -0.2) is 68.9 Å². The molecule has 1 aliphatic rings. The van der Waals surface area contributed by atoms with E-state index in [9.17, 15) is 22.8 Å². The molecule has 0 aromatic heterocycles. The van der Waals surface area contributed by atoms with Gasteiger partial charge in [-0.2, -0.15) is 13.2 Å². The predicted molar refractivity (Wildman–Crippen MR) is 106 cm³/mol. The molecule has 2 amide bonds. The molecule has 7 nitrogen and oxygen atoms in total. The first kappa shape index (κ1) is 23.9. The van der Waals surface area contributed by atoms with Crippen molar-refractivity contribution in [3.63, 3.8) is 0 Å². The lowest BCUT2D eigenvalue weighted by Crippen LogP contribution is -2.44. The van der Waals surface area contributed by atoms with Crippen LogP contribution in [0.2, 0.25) is 0 Å². The number of carbonyl (C=O) groups excluding carboxylic acids is 2. The minimum Gasteiger partial charge on any atom is -0.491 e. The summed E-state index contributed by atoms with van der Waals surface area (Å²) in [6.45, 7) is 5.24. The fourth-order valence-electron chi connectivity index (χ4n) is 3.13. The number of methoxy groups -OCH3 is 1. The highest BCUT2D eigenvalue weighted by Crippen LogP contribution is 2.27. The lowest BCUT2D eigenvalue weighted by atomic mass is 10.0. The second-order valence-electron chi connectivity index (χ2n) is 7.61. The summed E-state index contributed by atoms with van der Waals surface area (Å²) in [6, 6.07) is 4.21. The molecule has 0 aliphatic carbocycles. The van der Waals surface area contributed by atoms with Gasteiger partial charge in [0.2, 0.25) is 5.91 Å². The van der Waals surface area contributed by atoms with Gasteiger partial charge in [0.15, 0.2) is 0 Å².